The summed E-state index contributed by atoms with van der Waals surface area (Å²) < 4.78 is 0. The van der Waals surface area contributed by atoms with Crippen LogP contribution < -0.4 is 5.32 Å². The van der Waals surface area contributed by atoms with E-state index in [1.165, 1.54) is 42.6 Å². The molecule has 1 unspecified atom stereocenters. The predicted molar refractivity (Wildman–Crippen MR) is 122 cm³/mol. The van der Waals surface area contributed by atoms with Crippen LogP contribution in [0.15, 0.2) is 67.0 Å². The maximum absolute atomic E-state index is 4.50. The van der Waals surface area contributed by atoms with Gasteiger partial charge in [0.1, 0.15) is 17.8 Å². The van der Waals surface area contributed by atoms with Gasteiger partial charge >= 0.3 is 0 Å². The highest BCUT2D eigenvalue weighted by molar-refractivity contribution is 5.91. The Morgan fingerprint density at radius 3 is 2.53 bits per heavy atom. The van der Waals surface area contributed by atoms with Crippen LogP contribution in [-0.4, -0.2) is 32.9 Å². The van der Waals surface area contributed by atoms with Gasteiger partial charge in [-0.15, -0.1) is 0 Å². The normalized spacial score (nSPS) is 15.5. The van der Waals surface area contributed by atoms with Gasteiger partial charge in [-0.2, -0.15) is 0 Å². The molecule has 1 fully saturated rings. The molecule has 30 heavy (non-hydrogen) atoms. The molecule has 152 valence electrons. The second kappa shape index (κ2) is 8.28. The highest BCUT2D eigenvalue weighted by atomic mass is 15.1. The van der Waals surface area contributed by atoms with E-state index in [1.54, 1.807) is 6.33 Å². The molecule has 2 N–H and O–H groups in total. The van der Waals surface area contributed by atoms with Crippen molar-refractivity contribution < 1.29 is 0 Å². The maximum Gasteiger partial charge on any atom is 0.143 e. The van der Waals surface area contributed by atoms with Gasteiger partial charge in [-0.25, -0.2) is 9.97 Å². The third kappa shape index (κ3) is 3.94. The van der Waals surface area contributed by atoms with Crippen molar-refractivity contribution in [2.45, 2.75) is 32.4 Å². The van der Waals surface area contributed by atoms with Crippen molar-refractivity contribution in [3.63, 3.8) is 0 Å². The highest BCUT2D eigenvalue weighted by Gasteiger charge is 2.14. The first-order chi connectivity index (χ1) is 14.8. The van der Waals surface area contributed by atoms with Gasteiger partial charge in [0.15, 0.2) is 0 Å². The lowest BCUT2D eigenvalue weighted by Gasteiger charge is -2.15. The average molecular weight is 398 g/mol. The summed E-state index contributed by atoms with van der Waals surface area (Å²) in [6, 6.07) is 21.6. The van der Waals surface area contributed by atoms with Crippen LogP contribution in [0, 0.1) is 0 Å². The first-order valence-electron chi connectivity index (χ1n) is 10.7. The summed E-state index contributed by atoms with van der Waals surface area (Å²) in [6.07, 6.45) is 4.27. The number of anilines is 1. The molecule has 1 saturated heterocycles. The third-order valence-corrected chi connectivity index (χ3v) is 5.95. The van der Waals surface area contributed by atoms with Crippen LogP contribution in [0.25, 0.3) is 22.3 Å². The van der Waals surface area contributed by atoms with E-state index >= 15 is 0 Å². The van der Waals surface area contributed by atoms with Crippen molar-refractivity contribution in [2.75, 3.05) is 18.4 Å². The van der Waals surface area contributed by atoms with E-state index in [9.17, 15) is 0 Å². The van der Waals surface area contributed by atoms with E-state index in [0.29, 0.717) is 0 Å². The molecular formula is C25H27N5. The SMILES string of the molecule is CC(Nc1ncnc2[nH]c(-c3ccc(CN4CCCC4)cc3)cc12)c1ccccc1. The van der Waals surface area contributed by atoms with E-state index in [1.807, 2.05) is 6.07 Å². The van der Waals surface area contributed by atoms with Gasteiger partial charge in [0, 0.05) is 18.3 Å². The van der Waals surface area contributed by atoms with E-state index in [4.69, 9.17) is 0 Å². The fraction of sp³-hybridized carbons (Fsp3) is 0.280. The minimum Gasteiger partial charge on any atom is -0.363 e. The lowest BCUT2D eigenvalue weighted by atomic mass is 10.1. The second-order valence-corrected chi connectivity index (χ2v) is 8.12. The molecule has 0 aliphatic carbocycles. The molecule has 1 aliphatic heterocycles. The average Bonchev–Trinajstić information content (AvgIpc) is 3.45. The van der Waals surface area contributed by atoms with Gasteiger partial charge < -0.3 is 10.3 Å². The molecule has 5 rings (SSSR count). The van der Waals surface area contributed by atoms with Crippen LogP contribution in [0.1, 0.15) is 36.9 Å². The predicted octanol–water partition coefficient (Wildman–Crippen LogP) is 5.39. The smallest absolute Gasteiger partial charge is 0.143 e. The summed E-state index contributed by atoms with van der Waals surface area (Å²) in [4.78, 5) is 14.9. The molecule has 1 aliphatic rings. The number of nitrogens with zero attached hydrogens (tertiary/aromatic N) is 3. The Balaban J connectivity index is 1.37. The molecule has 0 saturated carbocycles. The van der Waals surface area contributed by atoms with Gasteiger partial charge in [-0.1, -0.05) is 54.6 Å². The summed E-state index contributed by atoms with van der Waals surface area (Å²) in [5.74, 6) is 0.851. The number of aromatic amines is 1. The molecule has 2 aromatic heterocycles. The Labute approximate surface area is 177 Å². The molecule has 2 aromatic carbocycles. The van der Waals surface area contributed by atoms with Crippen molar-refractivity contribution in [2.24, 2.45) is 0 Å². The number of hydrogen-bond acceptors (Lipinski definition) is 4. The van der Waals surface area contributed by atoms with Crippen LogP contribution >= 0.6 is 0 Å². The van der Waals surface area contributed by atoms with Crippen LogP contribution in [0.3, 0.4) is 0 Å². The summed E-state index contributed by atoms with van der Waals surface area (Å²) in [5, 5.41) is 4.55. The van der Waals surface area contributed by atoms with Crippen LogP contribution in [0.2, 0.25) is 0 Å². The molecular weight excluding hydrogens is 370 g/mol. The van der Waals surface area contributed by atoms with Gasteiger partial charge in [0.25, 0.3) is 0 Å². The number of rotatable bonds is 6. The fourth-order valence-electron chi connectivity index (χ4n) is 4.23. The minimum absolute atomic E-state index is 0.160. The number of likely N-dealkylation sites (tertiary alicyclic amines) is 1. The second-order valence-electron chi connectivity index (χ2n) is 8.12. The van der Waals surface area contributed by atoms with Gasteiger partial charge in [-0.3, -0.25) is 4.90 Å². The lowest BCUT2D eigenvalue weighted by molar-refractivity contribution is 0.331. The molecule has 5 heteroatoms. The Morgan fingerprint density at radius 1 is 1.00 bits per heavy atom. The zero-order valence-corrected chi connectivity index (χ0v) is 17.3. The zero-order chi connectivity index (χ0) is 20.3. The van der Waals surface area contributed by atoms with E-state index in [2.05, 4.69) is 86.7 Å². The largest absolute Gasteiger partial charge is 0.363 e. The molecule has 0 bridgehead atoms. The number of fused-ring (bicyclic) bond motifs is 1. The number of nitrogens with one attached hydrogen (secondary N) is 2. The fourth-order valence-corrected chi connectivity index (χ4v) is 4.23. The number of aromatic nitrogens is 3. The topological polar surface area (TPSA) is 56.8 Å². The van der Waals surface area contributed by atoms with Crippen LogP contribution in [0.4, 0.5) is 5.82 Å². The monoisotopic (exact) mass is 397 g/mol. The number of benzene rings is 2. The Bertz CT molecular complexity index is 1110. The van der Waals surface area contributed by atoms with Crippen LogP contribution in [0.5, 0.6) is 0 Å². The maximum atomic E-state index is 4.50. The number of H-pyrrole nitrogens is 1. The lowest BCUT2D eigenvalue weighted by Crippen LogP contribution is -2.18. The first-order valence-corrected chi connectivity index (χ1v) is 10.7. The summed E-state index contributed by atoms with van der Waals surface area (Å²) in [6.45, 7) is 5.64. The van der Waals surface area contributed by atoms with E-state index in [0.717, 1.165) is 29.1 Å². The summed E-state index contributed by atoms with van der Waals surface area (Å²) in [7, 11) is 0. The molecule has 0 spiro atoms. The molecule has 0 radical (unpaired) electrons. The van der Waals surface area contributed by atoms with Gasteiger partial charge in [0.05, 0.1) is 5.39 Å². The minimum atomic E-state index is 0.160. The first kappa shape index (κ1) is 18.8. The number of hydrogen-bond donors (Lipinski definition) is 2. The van der Waals surface area contributed by atoms with Gasteiger partial charge in [0.2, 0.25) is 0 Å². The van der Waals surface area contributed by atoms with E-state index in [-0.39, 0.29) is 6.04 Å². The van der Waals surface area contributed by atoms with Crippen LogP contribution in [-0.2, 0) is 6.54 Å². The Kier molecular flexibility index (Phi) is 5.20. The van der Waals surface area contributed by atoms with Crippen molar-refractivity contribution in [3.05, 3.63) is 78.1 Å². The van der Waals surface area contributed by atoms with Gasteiger partial charge in [-0.05, 0) is 55.6 Å². The molecule has 3 heterocycles. The molecule has 4 aromatic rings. The van der Waals surface area contributed by atoms with Crippen molar-refractivity contribution >= 4 is 16.9 Å². The standard InChI is InChI=1S/C25H27N5/c1-18(20-7-3-2-4-8-20)28-24-22-15-23(29-25(22)27-17-26-24)21-11-9-19(10-12-21)16-30-13-5-6-14-30/h2-4,7-12,15,17-18H,5-6,13-14,16H2,1H3,(H2,26,27,28,29). The van der Waals surface area contributed by atoms with Crippen molar-refractivity contribution in [1.82, 2.24) is 19.9 Å². The quantitative estimate of drug-likeness (QED) is 0.458. The zero-order valence-electron chi connectivity index (χ0n) is 17.3. The summed E-state index contributed by atoms with van der Waals surface area (Å²) >= 11 is 0. The highest BCUT2D eigenvalue weighted by Crippen LogP contribution is 2.29. The third-order valence-electron chi connectivity index (χ3n) is 5.95. The molecule has 1 atom stereocenters. The van der Waals surface area contributed by atoms with Crippen molar-refractivity contribution in [3.8, 4) is 11.3 Å². The van der Waals surface area contributed by atoms with Crippen molar-refractivity contribution in [1.29, 1.82) is 0 Å². The molecule has 5 nitrogen and oxygen atoms in total. The molecule has 0 amide bonds. The Morgan fingerprint density at radius 2 is 1.77 bits per heavy atom. The Hall–Kier alpha value is -3.18. The van der Waals surface area contributed by atoms with E-state index < -0.39 is 0 Å². The summed E-state index contributed by atoms with van der Waals surface area (Å²) in [5.41, 5.74) is 5.68.